The lowest BCUT2D eigenvalue weighted by Crippen LogP contribution is -2.17. The summed E-state index contributed by atoms with van der Waals surface area (Å²) in [5.41, 5.74) is 0.0344. The van der Waals surface area contributed by atoms with Gasteiger partial charge in [-0.15, -0.1) is 5.10 Å². The van der Waals surface area contributed by atoms with Gasteiger partial charge in [0.15, 0.2) is 5.82 Å². The van der Waals surface area contributed by atoms with E-state index in [0.717, 1.165) is 4.68 Å². The summed E-state index contributed by atoms with van der Waals surface area (Å²) in [6.45, 7) is 0. The molecule has 0 saturated heterocycles. The van der Waals surface area contributed by atoms with Crippen LogP contribution in [0.4, 0.5) is 5.82 Å². The molecular formula is C15H12N6O4S2. The van der Waals surface area contributed by atoms with Crippen molar-refractivity contribution in [3.8, 4) is 11.8 Å². The highest BCUT2D eigenvalue weighted by Crippen LogP contribution is 2.22. The Labute approximate surface area is 155 Å². The summed E-state index contributed by atoms with van der Waals surface area (Å²) in [5, 5.41) is 21.7. The van der Waals surface area contributed by atoms with Crippen molar-refractivity contribution < 1.29 is 16.8 Å². The van der Waals surface area contributed by atoms with E-state index in [1.54, 1.807) is 24.3 Å². The van der Waals surface area contributed by atoms with E-state index in [0.29, 0.717) is 0 Å². The Balaban J connectivity index is 2.05. The van der Waals surface area contributed by atoms with Gasteiger partial charge in [0.05, 0.1) is 15.5 Å². The first-order valence-corrected chi connectivity index (χ1v) is 10.3. The number of sulfonamides is 2. The molecule has 0 aliphatic rings. The fourth-order valence-electron chi connectivity index (χ4n) is 2.19. The molecule has 0 saturated carbocycles. The standard InChI is InChI=1S/C15H12N6O4S2/c16-10-14-15(19-27(24,25)13-4-2-1-3-5-13)21(20-18-14)11-6-8-12(9-7-11)26(17,22)23/h1-9,19H,(H2,17,22,23). The van der Waals surface area contributed by atoms with Gasteiger partial charge in [0.2, 0.25) is 15.7 Å². The molecule has 0 radical (unpaired) electrons. The first-order chi connectivity index (χ1) is 12.7. The molecule has 10 nitrogen and oxygen atoms in total. The highest BCUT2D eigenvalue weighted by Gasteiger charge is 2.22. The maximum Gasteiger partial charge on any atom is 0.263 e. The molecule has 3 rings (SSSR count). The molecule has 0 bridgehead atoms. The van der Waals surface area contributed by atoms with Crippen molar-refractivity contribution >= 4 is 25.9 Å². The highest BCUT2D eigenvalue weighted by molar-refractivity contribution is 7.92. The molecule has 12 heteroatoms. The second-order valence-electron chi connectivity index (χ2n) is 5.27. The summed E-state index contributed by atoms with van der Waals surface area (Å²) in [5.74, 6) is -0.176. The zero-order valence-corrected chi connectivity index (χ0v) is 15.1. The van der Waals surface area contributed by atoms with Crippen LogP contribution in [0.2, 0.25) is 0 Å². The first kappa shape index (κ1) is 18.5. The van der Waals surface area contributed by atoms with Gasteiger partial charge in [-0.25, -0.2) is 22.0 Å². The number of benzene rings is 2. The van der Waals surface area contributed by atoms with Crippen LogP contribution in [0.15, 0.2) is 64.4 Å². The van der Waals surface area contributed by atoms with Gasteiger partial charge in [-0.1, -0.05) is 23.4 Å². The summed E-state index contributed by atoms with van der Waals surface area (Å²) < 4.78 is 51.2. The van der Waals surface area contributed by atoms with Crippen LogP contribution >= 0.6 is 0 Å². The number of nitrogens with one attached hydrogen (secondary N) is 1. The molecular weight excluding hydrogens is 392 g/mol. The average Bonchev–Trinajstić information content (AvgIpc) is 3.04. The van der Waals surface area contributed by atoms with E-state index in [4.69, 9.17) is 5.14 Å². The van der Waals surface area contributed by atoms with Crippen LogP contribution in [0, 0.1) is 11.3 Å². The lowest BCUT2D eigenvalue weighted by Gasteiger charge is -2.10. The van der Waals surface area contributed by atoms with Crippen LogP contribution in [0.3, 0.4) is 0 Å². The third-order valence-electron chi connectivity index (χ3n) is 3.47. The van der Waals surface area contributed by atoms with Gasteiger partial charge in [0.1, 0.15) is 6.07 Å². The summed E-state index contributed by atoms with van der Waals surface area (Å²) in [4.78, 5) is -0.135. The number of nitrogens with two attached hydrogens (primary N) is 1. The number of nitriles is 1. The first-order valence-electron chi connectivity index (χ1n) is 7.29. The van der Waals surface area contributed by atoms with Crippen LogP contribution in [-0.4, -0.2) is 31.8 Å². The molecule has 0 fully saturated rings. The van der Waals surface area contributed by atoms with Crippen molar-refractivity contribution in [2.45, 2.75) is 9.79 Å². The normalized spacial score (nSPS) is 11.7. The molecule has 138 valence electrons. The second kappa shape index (κ2) is 6.80. The molecule has 0 aliphatic heterocycles. The smallest absolute Gasteiger partial charge is 0.261 e. The van der Waals surface area contributed by atoms with Gasteiger partial charge in [-0.05, 0) is 36.4 Å². The van der Waals surface area contributed by atoms with Gasteiger partial charge in [0, 0.05) is 0 Å². The Morgan fingerprint density at radius 3 is 2.15 bits per heavy atom. The van der Waals surface area contributed by atoms with Gasteiger partial charge in [-0.3, -0.25) is 4.72 Å². The number of nitrogens with zero attached hydrogens (tertiary/aromatic N) is 4. The van der Waals surface area contributed by atoms with E-state index in [-0.39, 0.29) is 27.0 Å². The topological polar surface area (TPSA) is 161 Å². The highest BCUT2D eigenvalue weighted by atomic mass is 32.2. The Bertz CT molecular complexity index is 1230. The van der Waals surface area contributed by atoms with E-state index >= 15 is 0 Å². The summed E-state index contributed by atoms with van der Waals surface area (Å²) in [6, 6.07) is 14.5. The van der Waals surface area contributed by atoms with Crippen LogP contribution in [0.1, 0.15) is 5.69 Å². The van der Waals surface area contributed by atoms with Crippen LogP contribution in [0.5, 0.6) is 0 Å². The van der Waals surface area contributed by atoms with E-state index in [1.165, 1.54) is 36.4 Å². The Kier molecular flexibility index (Phi) is 4.66. The number of hydrogen-bond acceptors (Lipinski definition) is 7. The van der Waals surface area contributed by atoms with Gasteiger partial charge < -0.3 is 0 Å². The molecule has 0 atom stereocenters. The van der Waals surface area contributed by atoms with Gasteiger partial charge >= 0.3 is 0 Å². The molecule has 3 aromatic rings. The monoisotopic (exact) mass is 404 g/mol. The molecule has 0 amide bonds. The Morgan fingerprint density at radius 2 is 1.59 bits per heavy atom. The number of hydrogen-bond donors (Lipinski definition) is 2. The summed E-state index contributed by atoms with van der Waals surface area (Å²) in [7, 11) is -7.88. The van der Waals surface area contributed by atoms with Crippen LogP contribution in [-0.2, 0) is 20.0 Å². The van der Waals surface area contributed by atoms with E-state index in [9.17, 15) is 22.1 Å². The number of aromatic nitrogens is 3. The van der Waals surface area contributed by atoms with Crippen molar-refractivity contribution in [1.82, 2.24) is 15.0 Å². The third-order valence-corrected chi connectivity index (χ3v) is 5.75. The molecule has 0 spiro atoms. The van der Waals surface area contributed by atoms with Gasteiger partial charge in [0.25, 0.3) is 10.0 Å². The van der Waals surface area contributed by atoms with Crippen molar-refractivity contribution in [2.24, 2.45) is 5.14 Å². The van der Waals surface area contributed by atoms with E-state index < -0.39 is 20.0 Å². The van der Waals surface area contributed by atoms with E-state index in [2.05, 4.69) is 15.0 Å². The molecule has 1 heterocycles. The van der Waals surface area contributed by atoms with Crippen molar-refractivity contribution in [3.63, 3.8) is 0 Å². The fourth-order valence-corrected chi connectivity index (χ4v) is 3.78. The SMILES string of the molecule is N#Cc1nnn(-c2ccc(S(N)(=O)=O)cc2)c1NS(=O)(=O)c1ccccc1. The molecule has 27 heavy (non-hydrogen) atoms. The molecule has 1 aromatic heterocycles. The summed E-state index contributed by atoms with van der Waals surface area (Å²) >= 11 is 0. The average molecular weight is 404 g/mol. The molecule has 0 aliphatic carbocycles. The van der Waals surface area contributed by atoms with Crippen molar-refractivity contribution in [3.05, 3.63) is 60.3 Å². The van der Waals surface area contributed by atoms with Crippen molar-refractivity contribution in [1.29, 1.82) is 5.26 Å². The van der Waals surface area contributed by atoms with Crippen molar-refractivity contribution in [2.75, 3.05) is 4.72 Å². The number of rotatable bonds is 5. The zero-order chi connectivity index (χ0) is 19.7. The quantitative estimate of drug-likeness (QED) is 0.629. The Morgan fingerprint density at radius 1 is 0.963 bits per heavy atom. The molecule has 3 N–H and O–H groups in total. The predicted molar refractivity (Wildman–Crippen MR) is 94.7 cm³/mol. The second-order valence-corrected chi connectivity index (χ2v) is 8.51. The minimum atomic E-state index is -4.00. The minimum Gasteiger partial charge on any atom is -0.261 e. The summed E-state index contributed by atoms with van der Waals surface area (Å²) in [6.07, 6.45) is 0. The number of anilines is 1. The van der Waals surface area contributed by atoms with Crippen LogP contribution < -0.4 is 9.86 Å². The molecule has 0 unspecified atom stereocenters. The predicted octanol–water partition coefficient (Wildman–Crippen LogP) is 0.587. The van der Waals surface area contributed by atoms with Crippen LogP contribution in [0.25, 0.3) is 5.69 Å². The fraction of sp³-hybridized carbons (Fsp3) is 0. The lowest BCUT2D eigenvalue weighted by molar-refractivity contribution is 0.597. The maximum atomic E-state index is 12.6. The Hall–Kier alpha value is -3.27. The molecule has 2 aromatic carbocycles. The minimum absolute atomic E-state index is 0.00814. The maximum absolute atomic E-state index is 12.6. The van der Waals surface area contributed by atoms with Gasteiger partial charge in [-0.2, -0.15) is 9.94 Å². The largest absolute Gasteiger partial charge is 0.263 e. The third kappa shape index (κ3) is 3.80. The number of primary sulfonamides is 1. The lowest BCUT2D eigenvalue weighted by atomic mass is 10.3. The van der Waals surface area contributed by atoms with E-state index in [1.807, 2.05) is 0 Å². The zero-order valence-electron chi connectivity index (χ0n) is 13.5.